The number of halogens is 3. The highest BCUT2D eigenvalue weighted by Crippen LogP contribution is 2.42. The molecule has 0 aliphatic heterocycles. The molecule has 33 heavy (non-hydrogen) atoms. The molecule has 2 atom stereocenters. The lowest BCUT2D eigenvalue weighted by atomic mass is 9.72. The molecule has 7 heteroatoms. The number of amides is 1. The fourth-order valence-electron chi connectivity index (χ4n) is 5.23. The SMILES string of the molecule is C[C@](O)(c1ccc(C(=O)N(C2CC2)[C@H]2CC[C@H](C3CC=CC=C3C#N)CC2)cc1)C(F)(F)F. The number of aliphatic hydroxyl groups is 1. The van der Waals surface area contributed by atoms with Crippen LogP contribution in [0.2, 0.25) is 0 Å². The number of carbonyl (C=O) groups is 1. The van der Waals surface area contributed by atoms with Gasteiger partial charge in [0.15, 0.2) is 5.60 Å². The van der Waals surface area contributed by atoms with Crippen LogP contribution in [0.15, 0.2) is 48.1 Å². The Kier molecular flexibility index (Phi) is 6.41. The number of carbonyl (C=O) groups excluding carboxylic acids is 1. The van der Waals surface area contributed by atoms with Crippen molar-refractivity contribution >= 4 is 5.91 Å². The number of hydrogen-bond acceptors (Lipinski definition) is 3. The number of nitrogens with zero attached hydrogens (tertiary/aromatic N) is 2. The minimum Gasteiger partial charge on any atom is -0.376 e. The van der Waals surface area contributed by atoms with Crippen molar-refractivity contribution in [1.29, 1.82) is 5.26 Å². The molecule has 2 saturated carbocycles. The average molecular weight is 459 g/mol. The maximum Gasteiger partial charge on any atom is 0.421 e. The van der Waals surface area contributed by atoms with Gasteiger partial charge in [-0.3, -0.25) is 4.79 Å². The topological polar surface area (TPSA) is 64.3 Å². The zero-order valence-corrected chi connectivity index (χ0v) is 18.7. The molecule has 3 aliphatic rings. The summed E-state index contributed by atoms with van der Waals surface area (Å²) in [6, 6.07) is 7.77. The van der Waals surface area contributed by atoms with Gasteiger partial charge in [-0.15, -0.1) is 0 Å². The number of rotatable bonds is 5. The van der Waals surface area contributed by atoms with E-state index in [0.717, 1.165) is 50.5 Å². The Morgan fingerprint density at radius 1 is 1.06 bits per heavy atom. The number of benzene rings is 1. The number of nitriles is 1. The Hall–Kier alpha value is -2.59. The van der Waals surface area contributed by atoms with Crippen LogP contribution in [0.25, 0.3) is 0 Å². The van der Waals surface area contributed by atoms with Crippen molar-refractivity contribution in [3.05, 3.63) is 59.2 Å². The lowest BCUT2D eigenvalue weighted by molar-refractivity contribution is -0.258. The minimum absolute atomic E-state index is 0.104. The molecule has 3 aliphatic carbocycles. The number of hydrogen-bond donors (Lipinski definition) is 1. The molecular weight excluding hydrogens is 429 g/mol. The summed E-state index contributed by atoms with van der Waals surface area (Å²) in [6.07, 6.45) is 7.56. The summed E-state index contributed by atoms with van der Waals surface area (Å²) in [5, 5.41) is 19.3. The van der Waals surface area contributed by atoms with Gasteiger partial charge >= 0.3 is 6.18 Å². The maximum absolute atomic E-state index is 13.3. The van der Waals surface area contributed by atoms with Crippen LogP contribution < -0.4 is 0 Å². The van der Waals surface area contributed by atoms with Crippen molar-refractivity contribution < 1.29 is 23.1 Å². The van der Waals surface area contributed by atoms with E-state index in [4.69, 9.17) is 0 Å². The molecule has 0 radical (unpaired) electrons. The quantitative estimate of drug-likeness (QED) is 0.621. The molecule has 4 nitrogen and oxygen atoms in total. The first-order chi connectivity index (χ1) is 15.6. The average Bonchev–Trinajstić information content (AvgIpc) is 3.64. The normalized spacial score (nSPS) is 27.3. The summed E-state index contributed by atoms with van der Waals surface area (Å²) in [5.41, 5.74) is -2.06. The highest BCUT2D eigenvalue weighted by molar-refractivity contribution is 5.95. The third-order valence-corrected chi connectivity index (χ3v) is 7.45. The molecule has 0 aromatic heterocycles. The van der Waals surface area contributed by atoms with Gasteiger partial charge in [0.1, 0.15) is 0 Å². The summed E-state index contributed by atoms with van der Waals surface area (Å²) in [4.78, 5) is 15.3. The monoisotopic (exact) mass is 458 g/mol. The highest BCUT2D eigenvalue weighted by Gasteiger charge is 2.51. The van der Waals surface area contributed by atoms with Crippen LogP contribution in [0.3, 0.4) is 0 Å². The first-order valence-corrected chi connectivity index (χ1v) is 11.6. The second kappa shape index (κ2) is 8.98. The van der Waals surface area contributed by atoms with Crippen LogP contribution in [0.1, 0.15) is 67.8 Å². The van der Waals surface area contributed by atoms with Gasteiger partial charge in [-0.1, -0.05) is 24.3 Å². The second-order valence-corrected chi connectivity index (χ2v) is 9.66. The summed E-state index contributed by atoms with van der Waals surface area (Å²) in [7, 11) is 0. The second-order valence-electron chi connectivity index (χ2n) is 9.66. The van der Waals surface area contributed by atoms with E-state index in [2.05, 4.69) is 12.1 Å². The van der Waals surface area contributed by atoms with Gasteiger partial charge in [-0.25, -0.2) is 0 Å². The van der Waals surface area contributed by atoms with Crippen molar-refractivity contribution in [2.24, 2.45) is 11.8 Å². The number of alkyl halides is 3. The first kappa shape index (κ1) is 23.6. The summed E-state index contributed by atoms with van der Waals surface area (Å²) in [5.74, 6) is 0.523. The van der Waals surface area contributed by atoms with Gasteiger partial charge in [-0.05, 0) is 81.6 Å². The standard InChI is InChI=1S/C26H29F3N2O2/c1-25(33,26(27,28)29)20-10-6-18(7-11-20)24(32)31(22-14-15-22)21-12-8-17(9-13-21)23-5-3-2-4-19(23)16-30/h2-4,6-7,10-11,17,21-23,33H,5,8-9,12-15H2,1H3/t17-,21-,23?,25-/m0/s1. The Morgan fingerprint density at radius 2 is 1.64 bits per heavy atom. The number of allylic oxidation sites excluding steroid dienone is 4. The van der Waals surface area contributed by atoms with Crippen LogP contribution in [0.4, 0.5) is 13.2 Å². The molecule has 176 valence electrons. The molecule has 0 spiro atoms. The molecule has 1 N–H and O–H groups in total. The van der Waals surface area contributed by atoms with Crippen molar-refractivity contribution in [2.75, 3.05) is 0 Å². The van der Waals surface area contributed by atoms with Gasteiger partial charge in [0.05, 0.1) is 6.07 Å². The molecule has 0 heterocycles. The van der Waals surface area contributed by atoms with Crippen molar-refractivity contribution in [2.45, 2.75) is 75.7 Å². The Bertz CT molecular complexity index is 976. The third kappa shape index (κ3) is 4.72. The molecule has 1 aromatic carbocycles. The minimum atomic E-state index is -4.80. The predicted molar refractivity (Wildman–Crippen MR) is 118 cm³/mol. The lowest BCUT2D eigenvalue weighted by Gasteiger charge is -2.39. The van der Waals surface area contributed by atoms with Gasteiger partial charge in [0.25, 0.3) is 5.91 Å². The van der Waals surface area contributed by atoms with E-state index in [1.807, 2.05) is 17.1 Å². The van der Waals surface area contributed by atoms with E-state index in [1.54, 1.807) is 0 Å². The van der Waals surface area contributed by atoms with Crippen LogP contribution in [-0.2, 0) is 5.60 Å². The third-order valence-electron chi connectivity index (χ3n) is 7.45. The van der Waals surface area contributed by atoms with E-state index in [1.165, 1.54) is 24.3 Å². The summed E-state index contributed by atoms with van der Waals surface area (Å²) in [6.45, 7) is 0.716. The molecule has 1 aromatic rings. The molecule has 1 amide bonds. The van der Waals surface area contributed by atoms with Crippen LogP contribution in [-0.4, -0.2) is 34.2 Å². The van der Waals surface area contributed by atoms with Crippen LogP contribution in [0, 0.1) is 23.2 Å². The van der Waals surface area contributed by atoms with Crippen LogP contribution >= 0.6 is 0 Å². The largest absolute Gasteiger partial charge is 0.421 e. The van der Waals surface area contributed by atoms with Crippen molar-refractivity contribution in [1.82, 2.24) is 4.90 Å². The fourth-order valence-corrected chi connectivity index (χ4v) is 5.23. The summed E-state index contributed by atoms with van der Waals surface area (Å²) >= 11 is 0. The van der Waals surface area contributed by atoms with Crippen LogP contribution in [0.5, 0.6) is 0 Å². The molecule has 1 unspecified atom stereocenters. The molecular formula is C26H29F3N2O2. The van der Waals surface area contributed by atoms with Crippen molar-refractivity contribution in [3.63, 3.8) is 0 Å². The summed E-state index contributed by atoms with van der Waals surface area (Å²) < 4.78 is 39.4. The van der Waals surface area contributed by atoms with E-state index >= 15 is 0 Å². The zero-order chi connectivity index (χ0) is 23.8. The lowest BCUT2D eigenvalue weighted by Crippen LogP contribution is -2.44. The molecule has 0 saturated heterocycles. The van der Waals surface area contributed by atoms with Crippen molar-refractivity contribution in [3.8, 4) is 6.07 Å². The smallest absolute Gasteiger partial charge is 0.376 e. The van der Waals surface area contributed by atoms with E-state index in [-0.39, 0.29) is 29.5 Å². The van der Waals surface area contributed by atoms with Gasteiger partial charge in [-0.2, -0.15) is 18.4 Å². The molecule has 0 bridgehead atoms. The van der Waals surface area contributed by atoms with E-state index < -0.39 is 11.8 Å². The highest BCUT2D eigenvalue weighted by atomic mass is 19.4. The maximum atomic E-state index is 13.3. The van der Waals surface area contributed by atoms with E-state index in [9.17, 15) is 28.3 Å². The first-order valence-electron chi connectivity index (χ1n) is 11.6. The fraction of sp³-hybridized carbons (Fsp3) is 0.538. The molecule has 4 rings (SSSR count). The zero-order valence-electron chi connectivity index (χ0n) is 18.7. The predicted octanol–water partition coefficient (Wildman–Crippen LogP) is 5.65. The van der Waals surface area contributed by atoms with Gasteiger partial charge in [0, 0.05) is 29.1 Å². The Balaban J connectivity index is 1.44. The molecule has 2 fully saturated rings. The Labute approximate surface area is 192 Å². The van der Waals surface area contributed by atoms with E-state index in [0.29, 0.717) is 18.4 Å². The van der Waals surface area contributed by atoms with Gasteiger partial charge in [0.2, 0.25) is 0 Å². The van der Waals surface area contributed by atoms with Gasteiger partial charge < -0.3 is 10.0 Å². The Morgan fingerprint density at radius 3 is 2.15 bits per heavy atom.